The van der Waals surface area contributed by atoms with Crippen LogP contribution >= 0.6 is 24.0 Å². The fourth-order valence-corrected chi connectivity index (χ4v) is 3.40. The van der Waals surface area contributed by atoms with Crippen molar-refractivity contribution in [3.05, 3.63) is 65.2 Å². The van der Waals surface area contributed by atoms with E-state index in [2.05, 4.69) is 89.7 Å². The van der Waals surface area contributed by atoms with Crippen LogP contribution < -0.4 is 10.2 Å². The van der Waals surface area contributed by atoms with Gasteiger partial charge in [-0.1, -0.05) is 36.4 Å². The Morgan fingerprint density at radius 3 is 2.54 bits per heavy atom. The highest BCUT2D eigenvalue weighted by Gasteiger charge is 2.25. The van der Waals surface area contributed by atoms with Crippen molar-refractivity contribution in [1.82, 2.24) is 10.2 Å². The van der Waals surface area contributed by atoms with Gasteiger partial charge >= 0.3 is 0 Å². The number of anilines is 1. The number of guanidine groups is 1. The smallest absolute Gasteiger partial charge is 0.194 e. The molecular weight excluding hydrogens is 463 g/mol. The van der Waals surface area contributed by atoms with Crippen molar-refractivity contribution in [1.29, 1.82) is 0 Å². The van der Waals surface area contributed by atoms with Gasteiger partial charge in [-0.05, 0) is 35.7 Å². The van der Waals surface area contributed by atoms with Crippen molar-refractivity contribution in [2.24, 2.45) is 4.99 Å². The maximum Gasteiger partial charge on any atom is 0.194 e. The average molecular weight is 494 g/mol. The van der Waals surface area contributed by atoms with Crippen LogP contribution in [-0.2, 0) is 11.3 Å². The molecule has 1 saturated heterocycles. The molecule has 3 rings (SSSR count). The van der Waals surface area contributed by atoms with E-state index >= 15 is 0 Å². The second-order valence-corrected chi connectivity index (χ2v) is 7.12. The SMILES string of the molecule is CN=C(NCc1ccc(N(C)C)cc1)N1CCOC(c2ccccc2C)C1.I. The van der Waals surface area contributed by atoms with Gasteiger partial charge in [0.25, 0.3) is 0 Å². The normalized spacial score (nSPS) is 17.1. The number of rotatable bonds is 4. The first-order valence-electron chi connectivity index (χ1n) is 9.47. The Morgan fingerprint density at radius 1 is 1.18 bits per heavy atom. The van der Waals surface area contributed by atoms with Crippen molar-refractivity contribution in [3.8, 4) is 0 Å². The number of nitrogens with one attached hydrogen (secondary N) is 1. The number of benzene rings is 2. The number of nitrogens with zero attached hydrogens (tertiary/aromatic N) is 3. The molecule has 0 bridgehead atoms. The maximum atomic E-state index is 6.04. The molecule has 0 aliphatic carbocycles. The minimum Gasteiger partial charge on any atom is -0.378 e. The van der Waals surface area contributed by atoms with Crippen LogP contribution in [0.1, 0.15) is 22.8 Å². The summed E-state index contributed by atoms with van der Waals surface area (Å²) < 4.78 is 6.04. The van der Waals surface area contributed by atoms with Gasteiger partial charge in [-0.2, -0.15) is 0 Å². The minimum absolute atomic E-state index is 0. The molecule has 1 unspecified atom stereocenters. The molecule has 1 heterocycles. The van der Waals surface area contributed by atoms with E-state index in [0.29, 0.717) is 6.61 Å². The summed E-state index contributed by atoms with van der Waals surface area (Å²) in [5.74, 6) is 0.925. The van der Waals surface area contributed by atoms with E-state index in [0.717, 1.165) is 25.6 Å². The van der Waals surface area contributed by atoms with Gasteiger partial charge in [0.15, 0.2) is 5.96 Å². The van der Waals surface area contributed by atoms with Crippen molar-refractivity contribution in [2.45, 2.75) is 19.6 Å². The third kappa shape index (κ3) is 5.61. The summed E-state index contributed by atoms with van der Waals surface area (Å²) in [7, 11) is 5.95. The Balaban J connectivity index is 0.00000280. The van der Waals surface area contributed by atoms with Gasteiger partial charge in [0.1, 0.15) is 6.10 Å². The molecule has 0 amide bonds. The largest absolute Gasteiger partial charge is 0.378 e. The van der Waals surface area contributed by atoms with E-state index in [9.17, 15) is 0 Å². The minimum atomic E-state index is 0. The maximum absolute atomic E-state index is 6.04. The second kappa shape index (κ2) is 10.7. The molecular formula is C22H31IN4O. The molecule has 6 heteroatoms. The predicted molar refractivity (Wildman–Crippen MR) is 128 cm³/mol. The number of hydrogen-bond donors (Lipinski definition) is 1. The Bertz CT molecular complexity index is 776. The van der Waals surface area contributed by atoms with Crippen molar-refractivity contribution < 1.29 is 4.74 Å². The van der Waals surface area contributed by atoms with Gasteiger partial charge in [0, 0.05) is 39.9 Å². The molecule has 28 heavy (non-hydrogen) atoms. The van der Waals surface area contributed by atoms with Crippen LogP contribution in [0.25, 0.3) is 0 Å². The Hall–Kier alpha value is -1.80. The van der Waals surface area contributed by atoms with Crippen LogP contribution in [0.15, 0.2) is 53.5 Å². The third-order valence-electron chi connectivity index (χ3n) is 5.02. The summed E-state index contributed by atoms with van der Waals surface area (Å²) in [6.45, 7) is 5.26. The Labute approximate surface area is 185 Å². The molecule has 1 fully saturated rings. The number of ether oxygens (including phenoxy) is 1. The fourth-order valence-electron chi connectivity index (χ4n) is 3.40. The molecule has 2 aromatic rings. The molecule has 1 aliphatic heterocycles. The van der Waals surface area contributed by atoms with E-state index in [4.69, 9.17) is 4.74 Å². The summed E-state index contributed by atoms with van der Waals surface area (Å²) >= 11 is 0. The molecule has 1 atom stereocenters. The number of hydrogen-bond acceptors (Lipinski definition) is 3. The zero-order valence-electron chi connectivity index (χ0n) is 17.2. The van der Waals surface area contributed by atoms with E-state index < -0.39 is 0 Å². The lowest BCUT2D eigenvalue weighted by molar-refractivity contribution is -0.00833. The molecule has 1 aliphatic rings. The lowest BCUT2D eigenvalue weighted by atomic mass is 10.0. The zero-order valence-corrected chi connectivity index (χ0v) is 19.5. The van der Waals surface area contributed by atoms with Gasteiger partial charge in [-0.25, -0.2) is 0 Å². The molecule has 1 N–H and O–H groups in total. The molecule has 2 aromatic carbocycles. The standard InChI is InChI=1S/C22H30N4O.HI/c1-17-7-5-6-8-20(17)21-16-26(13-14-27-21)22(23-2)24-15-18-9-11-19(12-10-18)25(3)4;/h5-12,21H,13-16H2,1-4H3,(H,23,24);1H. The zero-order chi connectivity index (χ0) is 19.2. The number of halogens is 1. The van der Waals surface area contributed by atoms with Gasteiger partial charge in [0.05, 0.1) is 13.2 Å². The molecule has 0 aromatic heterocycles. The molecule has 0 spiro atoms. The highest BCUT2D eigenvalue weighted by molar-refractivity contribution is 14.0. The first-order chi connectivity index (χ1) is 13.1. The van der Waals surface area contributed by atoms with Crippen molar-refractivity contribution in [2.75, 3.05) is 45.7 Å². The van der Waals surface area contributed by atoms with Gasteiger partial charge < -0.3 is 19.9 Å². The van der Waals surface area contributed by atoms with E-state index in [-0.39, 0.29) is 30.1 Å². The number of aryl methyl sites for hydroxylation is 1. The van der Waals surface area contributed by atoms with Gasteiger partial charge in [0.2, 0.25) is 0 Å². The van der Waals surface area contributed by atoms with Gasteiger partial charge in [-0.15, -0.1) is 24.0 Å². The number of morpholine rings is 1. The average Bonchev–Trinajstić information content (AvgIpc) is 2.69. The summed E-state index contributed by atoms with van der Waals surface area (Å²) in [5.41, 5.74) is 4.98. The third-order valence-corrected chi connectivity index (χ3v) is 5.02. The number of aliphatic imine (C=N–C) groups is 1. The van der Waals surface area contributed by atoms with Crippen LogP contribution in [0.4, 0.5) is 5.69 Å². The first kappa shape index (κ1) is 22.5. The van der Waals surface area contributed by atoms with Crippen LogP contribution in [0.3, 0.4) is 0 Å². The summed E-state index contributed by atoms with van der Waals surface area (Å²) in [5, 5.41) is 3.50. The fraction of sp³-hybridized carbons (Fsp3) is 0.409. The quantitative estimate of drug-likeness (QED) is 0.399. The van der Waals surface area contributed by atoms with Crippen molar-refractivity contribution >= 4 is 35.6 Å². The van der Waals surface area contributed by atoms with Crippen LogP contribution in [0, 0.1) is 6.92 Å². The van der Waals surface area contributed by atoms with Gasteiger partial charge in [-0.3, -0.25) is 4.99 Å². The Kier molecular flexibility index (Phi) is 8.57. The Morgan fingerprint density at radius 2 is 1.89 bits per heavy atom. The molecule has 0 saturated carbocycles. The summed E-state index contributed by atoms with van der Waals surface area (Å²) in [6.07, 6.45) is 0.0814. The topological polar surface area (TPSA) is 40.1 Å². The lowest BCUT2D eigenvalue weighted by Gasteiger charge is -2.35. The van der Waals surface area contributed by atoms with Crippen molar-refractivity contribution in [3.63, 3.8) is 0 Å². The highest BCUT2D eigenvalue weighted by Crippen LogP contribution is 2.25. The second-order valence-electron chi connectivity index (χ2n) is 7.12. The van der Waals surface area contributed by atoms with Crippen LogP contribution in [-0.4, -0.2) is 51.7 Å². The summed E-state index contributed by atoms with van der Waals surface area (Å²) in [6, 6.07) is 17.0. The predicted octanol–water partition coefficient (Wildman–Crippen LogP) is 3.83. The van der Waals surface area contributed by atoms with E-state index in [1.54, 1.807) is 0 Å². The lowest BCUT2D eigenvalue weighted by Crippen LogP contribution is -2.48. The summed E-state index contributed by atoms with van der Waals surface area (Å²) in [4.78, 5) is 8.88. The van der Waals surface area contributed by atoms with Crippen LogP contribution in [0.2, 0.25) is 0 Å². The molecule has 0 radical (unpaired) electrons. The molecule has 152 valence electrons. The monoisotopic (exact) mass is 494 g/mol. The van der Waals surface area contributed by atoms with E-state index in [1.165, 1.54) is 22.4 Å². The first-order valence-corrected chi connectivity index (χ1v) is 9.47. The highest BCUT2D eigenvalue weighted by atomic mass is 127. The van der Waals surface area contributed by atoms with Crippen LogP contribution in [0.5, 0.6) is 0 Å². The van der Waals surface area contributed by atoms with E-state index in [1.807, 2.05) is 7.05 Å². The molecule has 5 nitrogen and oxygen atoms in total.